The summed E-state index contributed by atoms with van der Waals surface area (Å²) in [5.41, 5.74) is 0. The topological polar surface area (TPSA) is 72.8 Å². The first-order valence-electron chi connectivity index (χ1n) is 5.70. The molecule has 18 heavy (non-hydrogen) atoms. The van der Waals surface area contributed by atoms with Crippen LogP contribution in [0.15, 0.2) is 24.3 Å². The largest absolute Gasteiger partial charge is 0.486 e. The van der Waals surface area contributed by atoms with Crippen LogP contribution in [0.3, 0.4) is 0 Å². The Hall–Kier alpha value is -1.27. The number of aliphatic hydroxyl groups excluding tert-OH is 1. The quantitative estimate of drug-likeness (QED) is 0.870. The molecule has 1 aromatic rings. The molecule has 1 N–H and O–H groups in total. The van der Waals surface area contributed by atoms with Gasteiger partial charge in [0.1, 0.15) is 16.4 Å². The maximum absolute atomic E-state index is 11.0. The van der Waals surface area contributed by atoms with E-state index in [4.69, 9.17) is 9.47 Å². The zero-order chi connectivity index (χ0) is 13.2. The van der Waals surface area contributed by atoms with Gasteiger partial charge in [-0.2, -0.15) is 0 Å². The van der Waals surface area contributed by atoms with Crippen LogP contribution in [-0.4, -0.2) is 44.3 Å². The molecule has 1 heterocycles. The Morgan fingerprint density at radius 2 is 2.06 bits per heavy atom. The fourth-order valence-corrected chi connectivity index (χ4v) is 2.42. The van der Waals surface area contributed by atoms with E-state index in [1.165, 1.54) is 0 Å². The molecule has 1 aromatic carbocycles. The van der Waals surface area contributed by atoms with Crippen LogP contribution in [-0.2, 0) is 9.84 Å². The number of hydrogen-bond donors (Lipinski definition) is 1. The lowest BCUT2D eigenvalue weighted by Crippen LogP contribution is -2.40. The molecular formula is C12H16O5S. The minimum absolute atomic E-state index is 0.0598. The van der Waals surface area contributed by atoms with Gasteiger partial charge in [0.25, 0.3) is 0 Å². The van der Waals surface area contributed by atoms with Gasteiger partial charge in [0, 0.05) is 6.26 Å². The first-order valence-corrected chi connectivity index (χ1v) is 7.76. The summed E-state index contributed by atoms with van der Waals surface area (Å²) in [6, 6.07) is 7.19. The van der Waals surface area contributed by atoms with E-state index in [0.29, 0.717) is 11.5 Å². The van der Waals surface area contributed by atoms with Crippen LogP contribution in [0.25, 0.3) is 0 Å². The van der Waals surface area contributed by atoms with Gasteiger partial charge in [-0.05, 0) is 18.6 Å². The number of para-hydroxylation sites is 2. The van der Waals surface area contributed by atoms with E-state index in [9.17, 15) is 13.5 Å². The predicted octanol–water partition coefficient (Wildman–Crippen LogP) is 0.622. The lowest BCUT2D eigenvalue weighted by molar-refractivity contribution is -0.0109. The molecule has 2 rings (SSSR count). The molecule has 0 bridgehead atoms. The molecule has 0 spiro atoms. The summed E-state index contributed by atoms with van der Waals surface area (Å²) in [5, 5.41) is 9.89. The van der Waals surface area contributed by atoms with Crippen molar-refractivity contribution in [3.63, 3.8) is 0 Å². The molecule has 1 aliphatic heterocycles. The van der Waals surface area contributed by atoms with E-state index in [1.807, 2.05) is 12.1 Å². The molecule has 1 aliphatic rings. The lowest BCUT2D eigenvalue weighted by Gasteiger charge is -2.29. The Kier molecular flexibility index (Phi) is 3.77. The number of fused-ring (bicyclic) bond motifs is 1. The number of rotatable bonds is 4. The van der Waals surface area contributed by atoms with Crippen LogP contribution in [0, 0.1) is 0 Å². The zero-order valence-electron chi connectivity index (χ0n) is 10.1. The molecule has 6 heteroatoms. The van der Waals surface area contributed by atoms with Crippen molar-refractivity contribution in [1.82, 2.24) is 0 Å². The molecule has 2 unspecified atom stereocenters. The second kappa shape index (κ2) is 5.16. The summed E-state index contributed by atoms with van der Waals surface area (Å²) < 4.78 is 33.1. The Bertz CT molecular complexity index is 511. The molecule has 2 atom stereocenters. The van der Waals surface area contributed by atoms with Crippen LogP contribution in [0.4, 0.5) is 0 Å². The standard InChI is InChI=1S/C12H16O5S/c1-18(14,15)7-6-9(13)12-8-16-10-4-2-3-5-11(10)17-12/h2-5,9,12-13H,6-8H2,1H3. The number of benzene rings is 1. The summed E-state index contributed by atoms with van der Waals surface area (Å²) in [6.07, 6.45) is -0.0860. The van der Waals surface area contributed by atoms with E-state index >= 15 is 0 Å². The summed E-state index contributed by atoms with van der Waals surface area (Å²) in [5.74, 6) is 1.16. The van der Waals surface area contributed by atoms with Crippen molar-refractivity contribution in [2.75, 3.05) is 18.6 Å². The molecule has 0 aromatic heterocycles. The van der Waals surface area contributed by atoms with Crippen LogP contribution in [0.1, 0.15) is 6.42 Å². The Balaban J connectivity index is 1.96. The lowest BCUT2D eigenvalue weighted by atomic mass is 10.1. The average molecular weight is 272 g/mol. The second-order valence-corrected chi connectivity index (χ2v) is 6.66. The van der Waals surface area contributed by atoms with Gasteiger partial charge in [0.2, 0.25) is 0 Å². The Labute approximate surface area is 106 Å². The minimum Gasteiger partial charge on any atom is -0.486 e. The van der Waals surface area contributed by atoms with Crippen molar-refractivity contribution in [1.29, 1.82) is 0 Å². The highest BCUT2D eigenvalue weighted by Gasteiger charge is 2.27. The number of aliphatic hydroxyl groups is 1. The van der Waals surface area contributed by atoms with Gasteiger partial charge in [-0.3, -0.25) is 0 Å². The van der Waals surface area contributed by atoms with Gasteiger partial charge in [-0.1, -0.05) is 12.1 Å². The summed E-state index contributed by atoms with van der Waals surface area (Å²) in [7, 11) is -3.07. The van der Waals surface area contributed by atoms with E-state index in [0.717, 1.165) is 6.26 Å². The van der Waals surface area contributed by atoms with Gasteiger partial charge in [0.15, 0.2) is 17.6 Å². The first kappa shape index (κ1) is 13.2. The summed E-state index contributed by atoms with van der Waals surface area (Å²) >= 11 is 0. The third-order valence-electron chi connectivity index (χ3n) is 2.74. The Morgan fingerprint density at radius 3 is 2.72 bits per heavy atom. The third kappa shape index (κ3) is 3.36. The van der Waals surface area contributed by atoms with Gasteiger partial charge in [-0.25, -0.2) is 8.42 Å². The molecule has 5 nitrogen and oxygen atoms in total. The first-order chi connectivity index (χ1) is 8.46. The van der Waals surface area contributed by atoms with E-state index in [2.05, 4.69) is 0 Å². The van der Waals surface area contributed by atoms with E-state index in [1.54, 1.807) is 12.1 Å². The van der Waals surface area contributed by atoms with Crippen LogP contribution >= 0.6 is 0 Å². The normalized spacial score (nSPS) is 20.4. The third-order valence-corrected chi connectivity index (χ3v) is 3.72. The molecular weight excluding hydrogens is 256 g/mol. The smallest absolute Gasteiger partial charge is 0.161 e. The van der Waals surface area contributed by atoms with E-state index < -0.39 is 22.0 Å². The molecule has 0 radical (unpaired) electrons. The van der Waals surface area contributed by atoms with Gasteiger partial charge in [-0.15, -0.1) is 0 Å². The van der Waals surface area contributed by atoms with Gasteiger partial charge < -0.3 is 14.6 Å². The molecule has 100 valence electrons. The highest BCUT2D eigenvalue weighted by atomic mass is 32.2. The molecule has 0 saturated heterocycles. The number of sulfone groups is 1. The summed E-state index contributed by atoms with van der Waals surface area (Å²) in [4.78, 5) is 0. The maximum Gasteiger partial charge on any atom is 0.161 e. The summed E-state index contributed by atoms with van der Waals surface area (Å²) in [6.45, 7) is 0.224. The molecule has 0 amide bonds. The zero-order valence-corrected chi connectivity index (χ0v) is 10.9. The van der Waals surface area contributed by atoms with Crippen molar-refractivity contribution >= 4 is 9.84 Å². The van der Waals surface area contributed by atoms with Crippen molar-refractivity contribution in [3.05, 3.63) is 24.3 Å². The monoisotopic (exact) mass is 272 g/mol. The van der Waals surface area contributed by atoms with Crippen LogP contribution < -0.4 is 9.47 Å². The number of hydrogen-bond acceptors (Lipinski definition) is 5. The van der Waals surface area contributed by atoms with Crippen molar-refractivity contribution in [2.24, 2.45) is 0 Å². The van der Waals surface area contributed by atoms with E-state index in [-0.39, 0.29) is 18.8 Å². The fraction of sp³-hybridized carbons (Fsp3) is 0.500. The highest BCUT2D eigenvalue weighted by Crippen LogP contribution is 2.31. The molecule has 0 fully saturated rings. The molecule has 0 saturated carbocycles. The van der Waals surface area contributed by atoms with Crippen molar-refractivity contribution in [2.45, 2.75) is 18.6 Å². The van der Waals surface area contributed by atoms with Crippen LogP contribution in [0.2, 0.25) is 0 Å². The fourth-order valence-electron chi connectivity index (χ4n) is 1.75. The van der Waals surface area contributed by atoms with Crippen molar-refractivity contribution in [3.8, 4) is 11.5 Å². The van der Waals surface area contributed by atoms with Crippen molar-refractivity contribution < 1.29 is 23.0 Å². The SMILES string of the molecule is CS(=O)(=O)CCC(O)C1COc2ccccc2O1. The average Bonchev–Trinajstić information content (AvgIpc) is 2.34. The minimum atomic E-state index is -3.07. The number of ether oxygens (including phenoxy) is 2. The van der Waals surface area contributed by atoms with Gasteiger partial charge in [0.05, 0.1) is 11.9 Å². The van der Waals surface area contributed by atoms with Gasteiger partial charge >= 0.3 is 0 Å². The highest BCUT2D eigenvalue weighted by molar-refractivity contribution is 7.90. The molecule has 0 aliphatic carbocycles. The Morgan fingerprint density at radius 1 is 1.39 bits per heavy atom. The van der Waals surface area contributed by atoms with Crippen LogP contribution in [0.5, 0.6) is 11.5 Å². The second-order valence-electron chi connectivity index (χ2n) is 4.40. The maximum atomic E-state index is 11.0. The predicted molar refractivity (Wildman–Crippen MR) is 66.7 cm³/mol.